The van der Waals surface area contributed by atoms with Crippen LogP contribution in [0.1, 0.15) is 21.6 Å². The average molecular weight is 464 g/mol. The second-order valence-electron chi connectivity index (χ2n) is 6.60. The molecule has 0 saturated carbocycles. The largest absolute Gasteiger partial charge is 0.454 e. The molecule has 1 aliphatic heterocycles. The Kier molecular flexibility index (Phi) is 5.75. The molecule has 1 N–H and O–H groups in total. The van der Waals surface area contributed by atoms with Gasteiger partial charge in [-0.3, -0.25) is 4.79 Å². The molecule has 2 heterocycles. The quantitative estimate of drug-likeness (QED) is 0.560. The summed E-state index contributed by atoms with van der Waals surface area (Å²) in [7, 11) is -3.99. The van der Waals surface area contributed by atoms with Gasteiger partial charge < -0.3 is 14.8 Å². The van der Waals surface area contributed by atoms with E-state index < -0.39 is 32.5 Å². The zero-order valence-electron chi connectivity index (χ0n) is 15.8. The summed E-state index contributed by atoms with van der Waals surface area (Å²) in [5, 5.41) is 1.99. The van der Waals surface area contributed by atoms with Crippen LogP contribution in [0.3, 0.4) is 0 Å². The third-order valence-corrected chi connectivity index (χ3v) is 6.12. The maximum absolute atomic E-state index is 13.0. The summed E-state index contributed by atoms with van der Waals surface area (Å²) >= 11 is 6.02. The van der Waals surface area contributed by atoms with Crippen molar-refractivity contribution in [3.8, 4) is 11.5 Å². The van der Waals surface area contributed by atoms with E-state index in [0.717, 1.165) is 23.9 Å². The van der Waals surface area contributed by atoms with E-state index in [4.69, 9.17) is 21.1 Å². The second kappa shape index (κ2) is 8.48. The van der Waals surface area contributed by atoms with Gasteiger partial charge in [-0.2, -0.15) is 0 Å². The van der Waals surface area contributed by atoms with E-state index in [-0.39, 0.29) is 24.1 Å². The summed E-state index contributed by atoms with van der Waals surface area (Å²) in [6, 6.07) is 10.2. The number of ether oxygens (including phenoxy) is 2. The van der Waals surface area contributed by atoms with E-state index in [1.54, 1.807) is 18.2 Å². The first kappa shape index (κ1) is 21.0. The minimum atomic E-state index is -3.99. The van der Waals surface area contributed by atoms with Crippen LogP contribution < -0.4 is 14.8 Å². The van der Waals surface area contributed by atoms with Gasteiger partial charge in [0.1, 0.15) is 5.82 Å². The van der Waals surface area contributed by atoms with Gasteiger partial charge in [0.2, 0.25) is 21.8 Å². The van der Waals surface area contributed by atoms with E-state index in [1.165, 1.54) is 12.1 Å². The molecule has 31 heavy (non-hydrogen) atoms. The Morgan fingerprint density at radius 1 is 1.10 bits per heavy atom. The lowest BCUT2D eigenvalue weighted by Gasteiger charge is -2.09. The molecular weight excluding hydrogens is 449 g/mol. The summed E-state index contributed by atoms with van der Waals surface area (Å²) in [4.78, 5) is 20.2. The number of benzene rings is 2. The number of hydrogen-bond acceptors (Lipinski definition) is 7. The first-order valence-corrected chi connectivity index (χ1v) is 11.0. The summed E-state index contributed by atoms with van der Waals surface area (Å²) in [5.74, 6) is -0.410. The number of fused-ring (bicyclic) bond motifs is 1. The first-order valence-electron chi connectivity index (χ1n) is 8.98. The molecule has 0 spiro atoms. The highest BCUT2D eigenvalue weighted by Crippen LogP contribution is 2.32. The number of carbonyl (C=O) groups is 1. The van der Waals surface area contributed by atoms with Crippen molar-refractivity contribution in [3.63, 3.8) is 0 Å². The molecule has 0 bridgehead atoms. The average Bonchev–Trinajstić information content (AvgIpc) is 3.21. The number of hydrogen-bond donors (Lipinski definition) is 1. The van der Waals surface area contributed by atoms with Crippen LogP contribution in [0.5, 0.6) is 11.5 Å². The number of amides is 1. The third kappa shape index (κ3) is 4.75. The van der Waals surface area contributed by atoms with Crippen LogP contribution in [-0.2, 0) is 22.1 Å². The minimum absolute atomic E-state index is 0.0936. The maximum Gasteiger partial charge on any atom is 0.271 e. The summed E-state index contributed by atoms with van der Waals surface area (Å²) in [6.45, 7) is 0.268. The third-order valence-electron chi connectivity index (χ3n) is 4.38. The maximum atomic E-state index is 13.0. The van der Waals surface area contributed by atoms with Crippen LogP contribution in [0.15, 0.2) is 53.8 Å². The van der Waals surface area contributed by atoms with Crippen molar-refractivity contribution < 1.29 is 27.1 Å². The van der Waals surface area contributed by atoms with Gasteiger partial charge >= 0.3 is 0 Å². The lowest BCUT2D eigenvalue weighted by molar-refractivity contribution is 0.0945. The monoisotopic (exact) mass is 463 g/mol. The van der Waals surface area contributed by atoms with E-state index in [2.05, 4.69) is 15.3 Å². The second-order valence-corrected chi connectivity index (χ2v) is 8.90. The molecule has 0 saturated heterocycles. The zero-order chi connectivity index (χ0) is 22.0. The van der Waals surface area contributed by atoms with Crippen LogP contribution >= 0.6 is 11.6 Å². The van der Waals surface area contributed by atoms with Crippen LogP contribution in [0.25, 0.3) is 0 Å². The fourth-order valence-electron chi connectivity index (χ4n) is 2.84. The normalized spacial score (nSPS) is 12.6. The van der Waals surface area contributed by atoms with E-state index in [1.807, 2.05) is 0 Å². The number of nitrogens with zero attached hydrogens (tertiary/aromatic N) is 2. The van der Waals surface area contributed by atoms with Crippen molar-refractivity contribution in [2.24, 2.45) is 0 Å². The smallest absolute Gasteiger partial charge is 0.271 e. The van der Waals surface area contributed by atoms with E-state index in [0.29, 0.717) is 17.1 Å². The van der Waals surface area contributed by atoms with Gasteiger partial charge in [0, 0.05) is 6.54 Å². The SMILES string of the molecule is O=C(NCc1ccc2c(c1)OCO2)c1nc(S(=O)(=O)Cc2ccc(F)cc2)ncc1Cl. The highest BCUT2D eigenvalue weighted by Gasteiger charge is 2.23. The molecule has 11 heteroatoms. The number of carbonyl (C=O) groups excluding carboxylic acids is 1. The Morgan fingerprint density at radius 3 is 2.58 bits per heavy atom. The van der Waals surface area contributed by atoms with Crippen molar-refractivity contribution in [1.29, 1.82) is 0 Å². The molecule has 1 aromatic heterocycles. The molecule has 0 unspecified atom stereocenters. The van der Waals surface area contributed by atoms with Gasteiger partial charge in [0.15, 0.2) is 17.2 Å². The van der Waals surface area contributed by atoms with Gasteiger partial charge in [-0.05, 0) is 35.4 Å². The molecule has 1 amide bonds. The van der Waals surface area contributed by atoms with Crippen molar-refractivity contribution in [2.45, 2.75) is 17.5 Å². The van der Waals surface area contributed by atoms with Crippen molar-refractivity contribution in [3.05, 3.63) is 76.3 Å². The molecule has 1 aliphatic rings. The molecule has 4 rings (SSSR count). The topological polar surface area (TPSA) is 107 Å². The van der Waals surface area contributed by atoms with Crippen LogP contribution in [-0.4, -0.2) is 31.1 Å². The standard InChI is InChI=1S/C20H15ClFN3O5S/c21-15-9-24-20(31(27,28)10-12-1-4-14(22)5-2-12)25-18(15)19(26)23-8-13-3-6-16-17(7-13)30-11-29-16/h1-7,9H,8,10-11H2,(H,23,26). The molecule has 0 aliphatic carbocycles. The first-order chi connectivity index (χ1) is 14.8. The zero-order valence-corrected chi connectivity index (χ0v) is 17.4. The highest BCUT2D eigenvalue weighted by atomic mass is 35.5. The summed E-state index contributed by atoms with van der Waals surface area (Å²) in [6.07, 6.45) is 1.06. The van der Waals surface area contributed by atoms with E-state index >= 15 is 0 Å². The van der Waals surface area contributed by atoms with E-state index in [9.17, 15) is 17.6 Å². The predicted molar refractivity (Wildman–Crippen MR) is 108 cm³/mol. The fourth-order valence-corrected chi connectivity index (χ4v) is 4.22. The number of sulfone groups is 1. The van der Waals surface area contributed by atoms with Gasteiger partial charge in [-0.25, -0.2) is 22.8 Å². The Morgan fingerprint density at radius 2 is 1.81 bits per heavy atom. The molecule has 2 aromatic carbocycles. The minimum Gasteiger partial charge on any atom is -0.454 e. The van der Waals surface area contributed by atoms with Crippen molar-refractivity contribution in [2.75, 3.05) is 6.79 Å². The highest BCUT2D eigenvalue weighted by molar-refractivity contribution is 7.90. The number of rotatable bonds is 6. The predicted octanol–water partition coefficient (Wildman–Crippen LogP) is 2.90. The number of halogens is 2. The van der Waals surface area contributed by atoms with Crippen molar-refractivity contribution >= 4 is 27.3 Å². The van der Waals surface area contributed by atoms with Gasteiger partial charge in [0.25, 0.3) is 5.91 Å². The molecular formula is C20H15ClFN3O5S. The summed E-state index contributed by atoms with van der Waals surface area (Å²) < 4.78 is 48.9. The lowest BCUT2D eigenvalue weighted by atomic mass is 10.2. The Labute approximate surface area is 181 Å². The fraction of sp³-hybridized carbons (Fsp3) is 0.150. The Hall–Kier alpha value is -3.24. The van der Waals surface area contributed by atoms with Crippen LogP contribution in [0, 0.1) is 5.82 Å². The van der Waals surface area contributed by atoms with Crippen molar-refractivity contribution in [1.82, 2.24) is 15.3 Å². The molecule has 0 fully saturated rings. The number of nitrogens with one attached hydrogen (secondary N) is 1. The van der Waals surface area contributed by atoms with Crippen LogP contribution in [0.2, 0.25) is 5.02 Å². The number of aromatic nitrogens is 2. The van der Waals surface area contributed by atoms with Gasteiger partial charge in [-0.1, -0.05) is 29.8 Å². The molecule has 0 atom stereocenters. The van der Waals surface area contributed by atoms with Gasteiger partial charge in [-0.15, -0.1) is 0 Å². The molecule has 8 nitrogen and oxygen atoms in total. The van der Waals surface area contributed by atoms with Crippen LogP contribution in [0.4, 0.5) is 4.39 Å². The Bertz CT molecular complexity index is 1250. The Balaban J connectivity index is 1.50. The molecule has 0 radical (unpaired) electrons. The lowest BCUT2D eigenvalue weighted by Crippen LogP contribution is -2.25. The van der Waals surface area contributed by atoms with Gasteiger partial charge in [0.05, 0.1) is 17.0 Å². The molecule has 160 valence electrons. The summed E-state index contributed by atoms with van der Waals surface area (Å²) in [5.41, 5.74) is 0.829. The molecule has 3 aromatic rings.